The van der Waals surface area contributed by atoms with Crippen LogP contribution in [0.2, 0.25) is 5.02 Å². The fourth-order valence-electron chi connectivity index (χ4n) is 2.26. The number of nitrogens with zero attached hydrogens (tertiary/aromatic N) is 4. The standard InChI is InChI=1S/C17H15ClN4O2S/c1-24-16-8-7-13(18)9-14(16)15(23)11-25-17-19-20-21-22(17)10-12-5-3-2-4-6-12/h2-9H,10-11H2,1H3. The van der Waals surface area contributed by atoms with Gasteiger partial charge >= 0.3 is 0 Å². The van der Waals surface area contributed by atoms with E-state index in [0.717, 1.165) is 5.56 Å². The number of aromatic nitrogens is 4. The highest BCUT2D eigenvalue weighted by atomic mass is 35.5. The number of hydrogen-bond donors (Lipinski definition) is 0. The summed E-state index contributed by atoms with van der Waals surface area (Å²) in [5, 5.41) is 12.8. The molecule has 2 aromatic carbocycles. The zero-order chi connectivity index (χ0) is 17.6. The molecule has 0 radical (unpaired) electrons. The van der Waals surface area contributed by atoms with Gasteiger partial charge in [0.25, 0.3) is 0 Å². The molecule has 0 aliphatic carbocycles. The second kappa shape index (κ2) is 8.13. The molecule has 0 unspecified atom stereocenters. The molecule has 0 atom stereocenters. The molecular formula is C17H15ClN4O2S. The SMILES string of the molecule is COc1ccc(Cl)cc1C(=O)CSc1nnnn1Cc1ccccc1. The molecule has 25 heavy (non-hydrogen) atoms. The summed E-state index contributed by atoms with van der Waals surface area (Å²) in [6.45, 7) is 0.546. The summed E-state index contributed by atoms with van der Waals surface area (Å²) in [7, 11) is 1.52. The molecule has 3 aromatic rings. The average molecular weight is 375 g/mol. The van der Waals surface area contributed by atoms with Crippen LogP contribution in [0, 0.1) is 0 Å². The van der Waals surface area contributed by atoms with Crippen LogP contribution in [0.15, 0.2) is 53.7 Å². The van der Waals surface area contributed by atoms with E-state index in [1.54, 1.807) is 22.9 Å². The van der Waals surface area contributed by atoms with Gasteiger partial charge in [0, 0.05) is 5.02 Å². The van der Waals surface area contributed by atoms with Crippen molar-refractivity contribution in [3.8, 4) is 5.75 Å². The van der Waals surface area contributed by atoms with Gasteiger partial charge in [-0.3, -0.25) is 4.79 Å². The number of ether oxygens (including phenoxy) is 1. The maximum absolute atomic E-state index is 12.5. The lowest BCUT2D eigenvalue weighted by molar-refractivity contribution is 0.101. The van der Waals surface area contributed by atoms with E-state index in [9.17, 15) is 4.79 Å². The number of carbonyl (C=O) groups is 1. The molecule has 0 fully saturated rings. The second-order valence-corrected chi connectivity index (χ2v) is 6.54. The predicted molar refractivity (Wildman–Crippen MR) is 96.4 cm³/mol. The summed E-state index contributed by atoms with van der Waals surface area (Å²) in [4.78, 5) is 12.5. The van der Waals surface area contributed by atoms with Crippen LogP contribution in [-0.2, 0) is 6.54 Å². The lowest BCUT2D eigenvalue weighted by Gasteiger charge is -2.08. The summed E-state index contributed by atoms with van der Waals surface area (Å²) in [6.07, 6.45) is 0. The predicted octanol–water partition coefficient (Wildman–Crippen LogP) is 3.36. The zero-order valence-electron chi connectivity index (χ0n) is 13.4. The van der Waals surface area contributed by atoms with E-state index in [1.165, 1.54) is 18.9 Å². The van der Waals surface area contributed by atoms with Crippen LogP contribution < -0.4 is 4.74 Å². The quantitative estimate of drug-likeness (QED) is 0.466. The Morgan fingerprint density at radius 1 is 1.24 bits per heavy atom. The first-order valence-corrected chi connectivity index (χ1v) is 8.83. The van der Waals surface area contributed by atoms with Crippen molar-refractivity contribution in [3.63, 3.8) is 0 Å². The number of Topliss-reactive ketones (excluding diaryl/α,β-unsaturated/α-hetero) is 1. The Labute approximate surface area is 154 Å². The van der Waals surface area contributed by atoms with Crippen LogP contribution in [0.1, 0.15) is 15.9 Å². The summed E-state index contributed by atoms with van der Waals surface area (Å²) < 4.78 is 6.90. The Hall–Kier alpha value is -2.38. The minimum atomic E-state index is -0.0985. The molecule has 0 aliphatic rings. The van der Waals surface area contributed by atoms with Crippen LogP contribution in [-0.4, -0.2) is 38.9 Å². The highest BCUT2D eigenvalue weighted by Crippen LogP contribution is 2.25. The molecule has 1 heterocycles. The molecule has 1 aromatic heterocycles. The van der Waals surface area contributed by atoms with Gasteiger partial charge in [0.1, 0.15) is 5.75 Å². The molecule has 128 valence electrons. The Morgan fingerprint density at radius 3 is 2.80 bits per heavy atom. The number of hydrogen-bond acceptors (Lipinski definition) is 6. The fourth-order valence-corrected chi connectivity index (χ4v) is 3.19. The van der Waals surface area contributed by atoms with E-state index in [-0.39, 0.29) is 11.5 Å². The van der Waals surface area contributed by atoms with Gasteiger partial charge in [-0.05, 0) is 34.2 Å². The van der Waals surface area contributed by atoms with Gasteiger partial charge in [0.15, 0.2) is 5.78 Å². The van der Waals surface area contributed by atoms with Gasteiger partial charge in [0.2, 0.25) is 5.16 Å². The molecule has 0 spiro atoms. The summed E-state index contributed by atoms with van der Waals surface area (Å²) in [5.74, 6) is 0.587. The summed E-state index contributed by atoms with van der Waals surface area (Å²) in [5.41, 5.74) is 1.53. The monoisotopic (exact) mass is 374 g/mol. The number of benzene rings is 2. The lowest BCUT2D eigenvalue weighted by atomic mass is 10.1. The first-order valence-electron chi connectivity index (χ1n) is 7.47. The molecule has 0 saturated heterocycles. The van der Waals surface area contributed by atoms with E-state index in [2.05, 4.69) is 15.5 Å². The number of halogens is 1. The maximum Gasteiger partial charge on any atom is 0.210 e. The molecule has 0 N–H and O–H groups in total. The average Bonchev–Trinajstić information content (AvgIpc) is 3.07. The molecule has 8 heteroatoms. The van der Waals surface area contributed by atoms with Crippen molar-refractivity contribution < 1.29 is 9.53 Å². The topological polar surface area (TPSA) is 69.9 Å². The first kappa shape index (κ1) is 17.4. The smallest absolute Gasteiger partial charge is 0.210 e. The van der Waals surface area contributed by atoms with Crippen molar-refractivity contribution in [2.45, 2.75) is 11.7 Å². The third-order valence-corrected chi connectivity index (χ3v) is 4.66. The molecule has 0 amide bonds. The van der Waals surface area contributed by atoms with Crippen molar-refractivity contribution in [2.75, 3.05) is 12.9 Å². The van der Waals surface area contributed by atoms with Crippen molar-refractivity contribution in [2.24, 2.45) is 0 Å². The van der Waals surface area contributed by atoms with Gasteiger partial charge in [-0.25, -0.2) is 4.68 Å². The molecule has 6 nitrogen and oxygen atoms in total. The number of carbonyl (C=O) groups excluding carboxylic acids is 1. The summed E-state index contributed by atoms with van der Waals surface area (Å²) >= 11 is 7.26. The number of thioether (sulfide) groups is 1. The molecule has 0 aliphatic heterocycles. The van der Waals surface area contributed by atoms with Crippen molar-refractivity contribution in [1.29, 1.82) is 0 Å². The normalized spacial score (nSPS) is 10.6. The van der Waals surface area contributed by atoms with E-state index < -0.39 is 0 Å². The Kier molecular flexibility index (Phi) is 5.67. The fraction of sp³-hybridized carbons (Fsp3) is 0.176. The van der Waals surface area contributed by atoms with Gasteiger partial charge in [-0.2, -0.15) is 0 Å². The number of tetrazole rings is 1. The maximum atomic E-state index is 12.5. The van der Waals surface area contributed by atoms with Gasteiger partial charge in [-0.1, -0.05) is 53.7 Å². The third kappa shape index (κ3) is 4.37. The largest absolute Gasteiger partial charge is 0.496 e. The van der Waals surface area contributed by atoms with Crippen LogP contribution in [0.5, 0.6) is 5.75 Å². The third-order valence-electron chi connectivity index (χ3n) is 3.47. The van der Waals surface area contributed by atoms with Crippen molar-refractivity contribution >= 4 is 29.1 Å². The van der Waals surface area contributed by atoms with E-state index in [1.807, 2.05) is 30.3 Å². The lowest BCUT2D eigenvalue weighted by Crippen LogP contribution is -2.08. The van der Waals surface area contributed by atoms with Gasteiger partial charge in [0.05, 0.1) is 25.0 Å². The Morgan fingerprint density at radius 2 is 2.04 bits per heavy atom. The molecule has 3 rings (SSSR count). The van der Waals surface area contributed by atoms with E-state index in [0.29, 0.717) is 28.0 Å². The zero-order valence-corrected chi connectivity index (χ0v) is 15.0. The highest BCUT2D eigenvalue weighted by molar-refractivity contribution is 7.99. The van der Waals surface area contributed by atoms with Crippen LogP contribution >= 0.6 is 23.4 Å². The summed E-state index contributed by atoms with van der Waals surface area (Å²) in [6, 6.07) is 14.8. The number of methoxy groups -OCH3 is 1. The number of rotatable bonds is 7. The van der Waals surface area contributed by atoms with E-state index in [4.69, 9.17) is 16.3 Å². The van der Waals surface area contributed by atoms with Crippen molar-refractivity contribution in [1.82, 2.24) is 20.2 Å². The minimum Gasteiger partial charge on any atom is -0.496 e. The van der Waals surface area contributed by atoms with Crippen LogP contribution in [0.4, 0.5) is 0 Å². The second-order valence-electron chi connectivity index (χ2n) is 5.16. The molecular weight excluding hydrogens is 360 g/mol. The van der Waals surface area contributed by atoms with Crippen LogP contribution in [0.3, 0.4) is 0 Å². The Bertz CT molecular complexity index is 870. The van der Waals surface area contributed by atoms with E-state index >= 15 is 0 Å². The molecule has 0 saturated carbocycles. The van der Waals surface area contributed by atoms with Gasteiger partial charge in [-0.15, -0.1) is 5.10 Å². The van der Waals surface area contributed by atoms with Crippen molar-refractivity contribution in [3.05, 3.63) is 64.7 Å². The first-order chi connectivity index (χ1) is 12.2. The van der Waals surface area contributed by atoms with Gasteiger partial charge < -0.3 is 4.74 Å². The van der Waals surface area contributed by atoms with Crippen LogP contribution in [0.25, 0.3) is 0 Å². The Balaban J connectivity index is 1.69. The number of ketones is 1. The highest BCUT2D eigenvalue weighted by Gasteiger charge is 2.16. The molecule has 0 bridgehead atoms. The minimum absolute atomic E-state index is 0.0985.